The van der Waals surface area contributed by atoms with Crippen molar-refractivity contribution >= 4 is 12.6 Å². The molecule has 0 spiro atoms. The Balaban J connectivity index is 2.22. The van der Waals surface area contributed by atoms with Crippen LogP contribution >= 0.6 is 0 Å². The SMILES string of the molecule is Cc1c(B(O)O)ccc2c1Cc1ccccc1-2. The molecule has 3 heteroatoms. The van der Waals surface area contributed by atoms with Crippen LogP contribution in [0.2, 0.25) is 0 Å². The summed E-state index contributed by atoms with van der Waals surface area (Å²) in [5, 5.41) is 18.6. The summed E-state index contributed by atoms with van der Waals surface area (Å²) in [6, 6.07) is 12.1. The number of rotatable bonds is 1. The molecular formula is C14H13BO2. The molecule has 0 radical (unpaired) electrons. The number of hydrogen-bond donors (Lipinski definition) is 2. The Morgan fingerprint density at radius 3 is 2.53 bits per heavy atom. The Morgan fingerprint density at radius 1 is 1.00 bits per heavy atom. The molecule has 3 rings (SSSR count). The lowest BCUT2D eigenvalue weighted by molar-refractivity contribution is 0.425. The summed E-state index contributed by atoms with van der Waals surface area (Å²) < 4.78 is 0. The van der Waals surface area contributed by atoms with Crippen molar-refractivity contribution in [2.24, 2.45) is 0 Å². The molecule has 0 fully saturated rings. The summed E-state index contributed by atoms with van der Waals surface area (Å²) in [5.41, 5.74) is 6.63. The zero-order valence-corrected chi connectivity index (χ0v) is 9.64. The zero-order valence-electron chi connectivity index (χ0n) is 9.64. The maximum atomic E-state index is 9.31. The smallest absolute Gasteiger partial charge is 0.423 e. The largest absolute Gasteiger partial charge is 0.488 e. The minimum Gasteiger partial charge on any atom is -0.423 e. The highest BCUT2D eigenvalue weighted by atomic mass is 16.4. The van der Waals surface area contributed by atoms with Gasteiger partial charge in [0.25, 0.3) is 0 Å². The fourth-order valence-corrected chi connectivity index (χ4v) is 2.66. The van der Waals surface area contributed by atoms with Gasteiger partial charge in [0.2, 0.25) is 0 Å². The second kappa shape index (κ2) is 3.72. The monoisotopic (exact) mass is 224 g/mol. The van der Waals surface area contributed by atoms with E-state index in [0.717, 1.165) is 12.0 Å². The maximum absolute atomic E-state index is 9.31. The molecule has 0 aromatic heterocycles. The topological polar surface area (TPSA) is 40.5 Å². The second-order valence-corrected chi connectivity index (χ2v) is 4.51. The molecule has 2 aromatic carbocycles. The summed E-state index contributed by atoms with van der Waals surface area (Å²) in [7, 11) is -1.39. The van der Waals surface area contributed by atoms with Gasteiger partial charge in [-0.3, -0.25) is 0 Å². The zero-order chi connectivity index (χ0) is 12.0. The molecule has 0 unspecified atom stereocenters. The predicted molar refractivity (Wildman–Crippen MR) is 69.2 cm³/mol. The quantitative estimate of drug-likeness (QED) is 0.610. The van der Waals surface area contributed by atoms with E-state index in [0.29, 0.717) is 5.46 Å². The third-order valence-corrected chi connectivity index (χ3v) is 3.59. The molecule has 0 saturated heterocycles. The first-order valence-electron chi connectivity index (χ1n) is 5.75. The molecule has 2 N–H and O–H groups in total. The van der Waals surface area contributed by atoms with Gasteiger partial charge in [-0.1, -0.05) is 36.4 Å². The van der Waals surface area contributed by atoms with E-state index in [2.05, 4.69) is 12.1 Å². The first-order valence-corrected chi connectivity index (χ1v) is 5.75. The van der Waals surface area contributed by atoms with E-state index < -0.39 is 7.12 Å². The standard InChI is InChI=1S/C14H13BO2/c1-9-13-8-10-4-2-3-5-11(10)12(13)6-7-14(9)15(16)17/h2-7,16-17H,8H2,1H3. The normalized spacial score (nSPS) is 12.2. The minimum absolute atomic E-state index is 0.608. The van der Waals surface area contributed by atoms with E-state index in [-0.39, 0.29) is 0 Å². The average molecular weight is 224 g/mol. The van der Waals surface area contributed by atoms with Gasteiger partial charge in [0, 0.05) is 0 Å². The lowest BCUT2D eigenvalue weighted by Gasteiger charge is -2.10. The highest BCUT2D eigenvalue weighted by Crippen LogP contribution is 2.37. The Bertz CT molecular complexity index is 591. The van der Waals surface area contributed by atoms with Crippen LogP contribution in [0.25, 0.3) is 11.1 Å². The van der Waals surface area contributed by atoms with Gasteiger partial charge in [-0.25, -0.2) is 0 Å². The first kappa shape index (κ1) is 10.6. The molecule has 0 heterocycles. The van der Waals surface area contributed by atoms with Gasteiger partial charge in [0.15, 0.2) is 0 Å². The van der Waals surface area contributed by atoms with Crippen LogP contribution in [-0.2, 0) is 6.42 Å². The molecule has 1 aliphatic rings. The number of benzene rings is 2. The molecule has 1 aliphatic carbocycles. The van der Waals surface area contributed by atoms with Gasteiger partial charge in [-0.2, -0.15) is 0 Å². The van der Waals surface area contributed by atoms with Crippen molar-refractivity contribution in [3.63, 3.8) is 0 Å². The van der Waals surface area contributed by atoms with E-state index in [1.807, 2.05) is 25.1 Å². The molecule has 17 heavy (non-hydrogen) atoms. The van der Waals surface area contributed by atoms with E-state index >= 15 is 0 Å². The van der Waals surface area contributed by atoms with Crippen molar-refractivity contribution in [1.82, 2.24) is 0 Å². The third-order valence-electron chi connectivity index (χ3n) is 3.59. The molecule has 2 aromatic rings. The highest BCUT2D eigenvalue weighted by molar-refractivity contribution is 6.59. The summed E-state index contributed by atoms with van der Waals surface area (Å²) in [6.45, 7) is 1.96. The van der Waals surface area contributed by atoms with Crippen molar-refractivity contribution in [3.8, 4) is 11.1 Å². The summed E-state index contributed by atoms with van der Waals surface area (Å²) in [5.74, 6) is 0. The van der Waals surface area contributed by atoms with E-state index in [9.17, 15) is 10.0 Å². The molecule has 0 bridgehead atoms. The van der Waals surface area contributed by atoms with Gasteiger partial charge in [-0.05, 0) is 46.6 Å². The molecule has 2 nitrogen and oxygen atoms in total. The fourth-order valence-electron chi connectivity index (χ4n) is 2.66. The highest BCUT2D eigenvalue weighted by Gasteiger charge is 2.23. The van der Waals surface area contributed by atoms with Crippen molar-refractivity contribution in [1.29, 1.82) is 0 Å². The van der Waals surface area contributed by atoms with Crippen LogP contribution in [-0.4, -0.2) is 17.2 Å². The lowest BCUT2D eigenvalue weighted by Crippen LogP contribution is -2.32. The van der Waals surface area contributed by atoms with Crippen LogP contribution in [0, 0.1) is 6.92 Å². The van der Waals surface area contributed by atoms with Crippen LogP contribution in [0.1, 0.15) is 16.7 Å². The Kier molecular flexibility index (Phi) is 2.32. The number of fused-ring (bicyclic) bond motifs is 3. The molecule has 0 aliphatic heterocycles. The molecule has 0 amide bonds. The van der Waals surface area contributed by atoms with Crippen LogP contribution in [0.3, 0.4) is 0 Å². The second-order valence-electron chi connectivity index (χ2n) is 4.51. The van der Waals surface area contributed by atoms with Crippen molar-refractivity contribution in [2.75, 3.05) is 0 Å². The maximum Gasteiger partial charge on any atom is 0.488 e. The third kappa shape index (κ3) is 1.51. The van der Waals surface area contributed by atoms with E-state index in [1.165, 1.54) is 22.3 Å². The molecule has 0 saturated carbocycles. The first-order chi connectivity index (χ1) is 8.18. The summed E-state index contributed by atoms with van der Waals surface area (Å²) >= 11 is 0. The van der Waals surface area contributed by atoms with E-state index in [1.54, 1.807) is 6.07 Å². The van der Waals surface area contributed by atoms with Gasteiger partial charge >= 0.3 is 7.12 Å². The Labute approximate surface area is 101 Å². The van der Waals surface area contributed by atoms with E-state index in [4.69, 9.17) is 0 Å². The van der Waals surface area contributed by atoms with Gasteiger partial charge in [-0.15, -0.1) is 0 Å². The average Bonchev–Trinajstić information content (AvgIpc) is 2.69. The predicted octanol–water partition coefficient (Wildman–Crippen LogP) is 1.25. The van der Waals surface area contributed by atoms with Crippen molar-refractivity contribution < 1.29 is 10.0 Å². The van der Waals surface area contributed by atoms with Gasteiger partial charge in [0.05, 0.1) is 0 Å². The van der Waals surface area contributed by atoms with Gasteiger partial charge < -0.3 is 10.0 Å². The van der Waals surface area contributed by atoms with Crippen LogP contribution in [0.5, 0.6) is 0 Å². The van der Waals surface area contributed by atoms with Crippen LogP contribution in [0.15, 0.2) is 36.4 Å². The fraction of sp³-hybridized carbons (Fsp3) is 0.143. The molecular weight excluding hydrogens is 211 g/mol. The minimum atomic E-state index is -1.39. The Morgan fingerprint density at radius 2 is 1.76 bits per heavy atom. The number of hydrogen-bond acceptors (Lipinski definition) is 2. The van der Waals surface area contributed by atoms with Crippen LogP contribution < -0.4 is 5.46 Å². The van der Waals surface area contributed by atoms with Crippen molar-refractivity contribution in [2.45, 2.75) is 13.3 Å². The van der Waals surface area contributed by atoms with Gasteiger partial charge in [0.1, 0.15) is 0 Å². The lowest BCUT2D eigenvalue weighted by atomic mass is 9.75. The van der Waals surface area contributed by atoms with Crippen LogP contribution in [0.4, 0.5) is 0 Å². The summed E-state index contributed by atoms with van der Waals surface area (Å²) in [6.07, 6.45) is 0.887. The van der Waals surface area contributed by atoms with Crippen molar-refractivity contribution in [3.05, 3.63) is 53.1 Å². The molecule has 84 valence electrons. The Hall–Kier alpha value is -1.58. The summed E-state index contributed by atoms with van der Waals surface area (Å²) in [4.78, 5) is 0. The molecule has 0 atom stereocenters.